The summed E-state index contributed by atoms with van der Waals surface area (Å²) in [5, 5.41) is 5.79. The van der Waals surface area contributed by atoms with Gasteiger partial charge in [0.05, 0.1) is 24.5 Å². The van der Waals surface area contributed by atoms with Crippen LogP contribution in [0, 0.1) is 0 Å². The van der Waals surface area contributed by atoms with Gasteiger partial charge in [0, 0.05) is 31.9 Å². The Morgan fingerprint density at radius 2 is 1.97 bits per heavy atom. The van der Waals surface area contributed by atoms with E-state index < -0.39 is 22.8 Å². The molecule has 0 radical (unpaired) electrons. The minimum absolute atomic E-state index is 0.0251. The lowest BCUT2D eigenvalue weighted by Crippen LogP contribution is -2.55. The number of hydrogen-bond acceptors (Lipinski definition) is 5. The summed E-state index contributed by atoms with van der Waals surface area (Å²) in [6.07, 6.45) is -1.43. The average Bonchev–Trinajstić information content (AvgIpc) is 3.04. The molecule has 0 unspecified atom stereocenters. The van der Waals surface area contributed by atoms with Gasteiger partial charge in [-0.05, 0) is 31.5 Å². The highest BCUT2D eigenvalue weighted by Crippen LogP contribution is 2.43. The molecule has 1 aromatic carbocycles. The maximum absolute atomic E-state index is 13.3. The number of methoxy groups -OCH3 is 1. The smallest absolute Gasteiger partial charge is 0.385 e. The molecule has 1 aliphatic heterocycles. The van der Waals surface area contributed by atoms with E-state index in [0.29, 0.717) is 35.9 Å². The van der Waals surface area contributed by atoms with Crippen LogP contribution in [-0.4, -0.2) is 44.2 Å². The maximum Gasteiger partial charge on any atom is 0.576 e. The van der Waals surface area contributed by atoms with Crippen LogP contribution in [0.2, 0.25) is 0 Å². The number of ether oxygens (including phenoxy) is 2. The molecule has 1 aliphatic rings. The van der Waals surface area contributed by atoms with Gasteiger partial charge in [-0.3, -0.25) is 5.32 Å². The third kappa shape index (κ3) is 4.97. The summed E-state index contributed by atoms with van der Waals surface area (Å²) < 4.78 is 47.7. The van der Waals surface area contributed by atoms with Gasteiger partial charge in [-0.25, -0.2) is 9.78 Å². The molecule has 0 aliphatic carbocycles. The van der Waals surface area contributed by atoms with Gasteiger partial charge in [0.1, 0.15) is 5.82 Å². The Labute approximate surface area is 178 Å². The topological polar surface area (TPSA) is 72.5 Å². The number of benzene rings is 1. The highest BCUT2D eigenvalue weighted by Gasteiger charge is 2.53. The monoisotopic (exact) mass is 437 g/mol. The Bertz CT molecular complexity index is 948. The van der Waals surface area contributed by atoms with Gasteiger partial charge in [-0.2, -0.15) is 0 Å². The van der Waals surface area contributed by atoms with Crippen molar-refractivity contribution in [2.24, 2.45) is 0 Å². The van der Waals surface area contributed by atoms with Crippen LogP contribution in [-0.2, 0) is 9.47 Å². The number of amides is 2. The number of para-hydroxylation sites is 1. The van der Waals surface area contributed by atoms with Crippen LogP contribution in [0.4, 0.5) is 35.2 Å². The zero-order chi connectivity index (χ0) is 22.5. The lowest BCUT2D eigenvalue weighted by Gasteiger charge is -2.31. The summed E-state index contributed by atoms with van der Waals surface area (Å²) >= 11 is 0. The van der Waals surface area contributed by atoms with E-state index in [1.807, 2.05) is 0 Å². The molecule has 0 saturated heterocycles. The van der Waals surface area contributed by atoms with E-state index in [9.17, 15) is 18.0 Å². The Morgan fingerprint density at radius 3 is 2.61 bits per heavy atom. The normalized spacial score (nSPS) is 17.6. The summed E-state index contributed by atoms with van der Waals surface area (Å²) in [5.41, 5.74) is 1.26. The highest BCUT2D eigenvalue weighted by molar-refractivity contribution is 6.03. The lowest BCUT2D eigenvalue weighted by molar-refractivity contribution is -0.310. The van der Waals surface area contributed by atoms with Gasteiger partial charge >= 0.3 is 18.3 Å². The van der Waals surface area contributed by atoms with Crippen LogP contribution in [0.15, 0.2) is 48.5 Å². The fourth-order valence-electron chi connectivity index (χ4n) is 3.45. The van der Waals surface area contributed by atoms with Crippen molar-refractivity contribution in [1.29, 1.82) is 0 Å². The molecule has 0 saturated carbocycles. The fraction of sp³-hybridized carbons (Fsp3) is 0.333. The molecule has 3 rings (SSSR count). The molecule has 7 nitrogen and oxygen atoms in total. The van der Waals surface area contributed by atoms with Crippen LogP contribution >= 0.6 is 0 Å². The van der Waals surface area contributed by atoms with E-state index in [1.54, 1.807) is 50.4 Å². The molecule has 2 aromatic rings. The summed E-state index contributed by atoms with van der Waals surface area (Å²) in [6.45, 7) is 2.94. The van der Waals surface area contributed by atoms with Gasteiger partial charge in [-0.1, -0.05) is 12.1 Å². The zero-order valence-electron chi connectivity index (χ0n) is 17.2. The predicted octanol–water partition coefficient (Wildman–Crippen LogP) is 4.94. The van der Waals surface area contributed by atoms with E-state index in [-0.39, 0.29) is 6.54 Å². The summed E-state index contributed by atoms with van der Waals surface area (Å²) in [7, 11) is 1.63. The second kappa shape index (κ2) is 9.36. The molecule has 31 heavy (non-hydrogen) atoms. The first-order valence-corrected chi connectivity index (χ1v) is 9.76. The SMILES string of the molecule is CC[N@@+]1(C(=O)Nc2ccc(NCCCOC)nc2)C(OC(F)(F)F)=Cc2ccccc21. The minimum atomic E-state index is -4.93. The van der Waals surface area contributed by atoms with Crippen molar-refractivity contribution in [3.63, 3.8) is 0 Å². The van der Waals surface area contributed by atoms with Gasteiger partial charge in [-0.15, -0.1) is 17.7 Å². The minimum Gasteiger partial charge on any atom is -0.385 e. The van der Waals surface area contributed by atoms with Crippen molar-refractivity contribution in [3.8, 4) is 0 Å². The van der Waals surface area contributed by atoms with Gasteiger partial charge in [0.2, 0.25) is 0 Å². The quantitative estimate of drug-likeness (QED) is 0.452. The lowest BCUT2D eigenvalue weighted by atomic mass is 10.2. The molecule has 1 atom stereocenters. The van der Waals surface area contributed by atoms with E-state index in [1.165, 1.54) is 12.3 Å². The molecule has 1 aromatic heterocycles. The predicted molar refractivity (Wildman–Crippen MR) is 112 cm³/mol. The number of anilines is 2. The Hall–Kier alpha value is -3.11. The van der Waals surface area contributed by atoms with Gasteiger partial charge in [0.15, 0.2) is 5.69 Å². The van der Waals surface area contributed by atoms with Gasteiger partial charge < -0.3 is 14.8 Å². The van der Waals surface area contributed by atoms with Crippen LogP contribution < -0.4 is 15.1 Å². The molecule has 10 heteroatoms. The zero-order valence-corrected chi connectivity index (χ0v) is 17.2. The Balaban J connectivity index is 1.81. The Kier molecular flexibility index (Phi) is 6.81. The van der Waals surface area contributed by atoms with Crippen LogP contribution in [0.25, 0.3) is 6.08 Å². The van der Waals surface area contributed by atoms with Gasteiger partial charge in [0.25, 0.3) is 0 Å². The number of rotatable bonds is 8. The van der Waals surface area contributed by atoms with E-state index in [4.69, 9.17) is 4.74 Å². The van der Waals surface area contributed by atoms with Crippen LogP contribution in [0.5, 0.6) is 0 Å². The van der Waals surface area contributed by atoms with Crippen molar-refractivity contribution < 1.29 is 27.4 Å². The highest BCUT2D eigenvalue weighted by atomic mass is 19.4. The van der Waals surface area contributed by atoms with E-state index in [0.717, 1.165) is 6.42 Å². The fourth-order valence-corrected chi connectivity index (χ4v) is 3.45. The standard InChI is InChI=1S/C21H23F3N4O3/c1-3-28(17-8-5-4-7-15(17)13-19(28)31-21(22,23)24)20(29)27-16-9-10-18(26-14-16)25-11-6-12-30-2/h4-5,7-10,13-14H,3,6,11-12H2,1-2H3,(H-,25,26,27,29)/p+1/t28-/m0/s1. The van der Waals surface area contributed by atoms with Crippen LogP contribution in [0.1, 0.15) is 18.9 Å². The molecule has 2 N–H and O–H groups in total. The first kappa shape index (κ1) is 22.6. The third-order valence-corrected chi connectivity index (χ3v) is 4.89. The number of halogens is 3. The molecular weight excluding hydrogens is 413 g/mol. The third-order valence-electron chi connectivity index (χ3n) is 4.89. The summed E-state index contributed by atoms with van der Waals surface area (Å²) in [4.78, 5) is 17.5. The number of urea groups is 1. The average molecular weight is 437 g/mol. The molecule has 2 amide bonds. The van der Waals surface area contributed by atoms with E-state index in [2.05, 4.69) is 20.4 Å². The summed E-state index contributed by atoms with van der Waals surface area (Å²) in [6, 6.07) is 9.26. The Morgan fingerprint density at radius 1 is 1.19 bits per heavy atom. The second-order valence-electron chi connectivity index (χ2n) is 6.85. The first-order valence-electron chi connectivity index (χ1n) is 9.76. The molecule has 166 valence electrons. The molecular formula is C21H24F3N4O3+. The number of nitrogens with one attached hydrogen (secondary N) is 2. The van der Waals surface area contributed by atoms with Crippen molar-refractivity contribution in [2.45, 2.75) is 19.7 Å². The number of hydrogen-bond donors (Lipinski definition) is 2. The molecule has 0 spiro atoms. The molecule has 0 fully saturated rings. The maximum atomic E-state index is 13.3. The first-order chi connectivity index (χ1) is 14.8. The molecule has 2 heterocycles. The number of alkyl halides is 3. The van der Waals surface area contributed by atoms with Crippen molar-refractivity contribution >= 4 is 29.3 Å². The number of carbonyl (C=O) groups is 1. The van der Waals surface area contributed by atoms with Crippen molar-refractivity contribution in [1.82, 2.24) is 9.47 Å². The number of pyridine rings is 1. The number of fused-ring (bicyclic) bond motifs is 1. The van der Waals surface area contributed by atoms with E-state index >= 15 is 0 Å². The number of nitrogens with zero attached hydrogens (tertiary/aromatic N) is 2. The second-order valence-corrected chi connectivity index (χ2v) is 6.85. The van der Waals surface area contributed by atoms with Crippen molar-refractivity contribution in [2.75, 3.05) is 37.4 Å². The largest absolute Gasteiger partial charge is 0.576 e. The van der Waals surface area contributed by atoms with Crippen LogP contribution in [0.3, 0.4) is 0 Å². The number of carbonyl (C=O) groups excluding carboxylic acids is 1. The summed E-state index contributed by atoms with van der Waals surface area (Å²) in [5.74, 6) is 0.110. The number of quaternary nitrogens is 1. The number of aromatic nitrogens is 1. The van der Waals surface area contributed by atoms with Crippen molar-refractivity contribution in [3.05, 3.63) is 54.0 Å². The molecule has 0 bridgehead atoms.